The van der Waals surface area contributed by atoms with E-state index in [9.17, 15) is 4.39 Å². The van der Waals surface area contributed by atoms with Gasteiger partial charge in [-0.3, -0.25) is 0 Å². The number of halogens is 1. The molecule has 0 aliphatic carbocycles. The number of ether oxygens (including phenoxy) is 4. The lowest BCUT2D eigenvalue weighted by Crippen LogP contribution is -2.18. The topological polar surface area (TPSA) is 62.9 Å². The van der Waals surface area contributed by atoms with Crippen molar-refractivity contribution in [2.45, 2.75) is 12.5 Å². The van der Waals surface area contributed by atoms with Crippen molar-refractivity contribution in [1.29, 1.82) is 0 Å². The molecule has 1 aromatic rings. The first-order valence-corrected chi connectivity index (χ1v) is 6.92. The molecule has 0 fully saturated rings. The zero-order valence-corrected chi connectivity index (χ0v) is 12.6. The molecule has 0 spiro atoms. The molecule has 5 nitrogen and oxygen atoms in total. The molecule has 0 aliphatic rings. The van der Waals surface area contributed by atoms with E-state index in [0.29, 0.717) is 38.6 Å². The fourth-order valence-electron chi connectivity index (χ4n) is 1.73. The number of benzene rings is 1. The van der Waals surface area contributed by atoms with Gasteiger partial charge in [0.1, 0.15) is 0 Å². The van der Waals surface area contributed by atoms with E-state index in [1.807, 2.05) is 0 Å². The van der Waals surface area contributed by atoms with Crippen LogP contribution in [0, 0.1) is 5.82 Å². The molecule has 0 bridgehead atoms. The number of hydrogen-bond donors (Lipinski definition) is 1. The first-order valence-electron chi connectivity index (χ1n) is 6.92. The normalized spacial score (nSPS) is 12.4. The molecule has 1 atom stereocenters. The summed E-state index contributed by atoms with van der Waals surface area (Å²) >= 11 is 0. The SMILES string of the molecule is COCCOCCCOCC(N)c1ccc(OC)c(F)c1. The smallest absolute Gasteiger partial charge is 0.165 e. The lowest BCUT2D eigenvalue weighted by atomic mass is 10.1. The molecule has 6 heteroatoms. The Labute approximate surface area is 125 Å². The summed E-state index contributed by atoms with van der Waals surface area (Å²) in [5, 5.41) is 0. The second-order valence-electron chi connectivity index (χ2n) is 4.53. The Bertz CT molecular complexity index is 403. The number of rotatable bonds is 11. The van der Waals surface area contributed by atoms with Gasteiger partial charge in [-0.15, -0.1) is 0 Å². The average molecular weight is 301 g/mol. The fourth-order valence-corrected chi connectivity index (χ4v) is 1.73. The van der Waals surface area contributed by atoms with Crippen LogP contribution in [0.1, 0.15) is 18.0 Å². The van der Waals surface area contributed by atoms with Crippen LogP contribution in [0.15, 0.2) is 18.2 Å². The molecule has 1 aromatic carbocycles. The highest BCUT2D eigenvalue weighted by atomic mass is 19.1. The average Bonchev–Trinajstić information content (AvgIpc) is 2.49. The highest BCUT2D eigenvalue weighted by molar-refractivity contribution is 5.30. The van der Waals surface area contributed by atoms with Crippen LogP contribution >= 0.6 is 0 Å². The summed E-state index contributed by atoms with van der Waals surface area (Å²) in [5.41, 5.74) is 6.64. The summed E-state index contributed by atoms with van der Waals surface area (Å²) < 4.78 is 34.1. The van der Waals surface area contributed by atoms with Crippen LogP contribution in [0.2, 0.25) is 0 Å². The first kappa shape index (κ1) is 17.8. The highest BCUT2D eigenvalue weighted by Gasteiger charge is 2.10. The minimum atomic E-state index is -0.419. The maximum atomic E-state index is 13.6. The molecular weight excluding hydrogens is 277 g/mol. The number of nitrogens with two attached hydrogens (primary N) is 1. The highest BCUT2D eigenvalue weighted by Crippen LogP contribution is 2.20. The molecule has 0 saturated heterocycles. The van der Waals surface area contributed by atoms with Gasteiger partial charge in [-0.25, -0.2) is 4.39 Å². The Balaban J connectivity index is 2.19. The van der Waals surface area contributed by atoms with E-state index in [1.54, 1.807) is 19.2 Å². The van der Waals surface area contributed by atoms with Gasteiger partial charge in [-0.05, 0) is 24.1 Å². The lowest BCUT2D eigenvalue weighted by Gasteiger charge is -2.13. The van der Waals surface area contributed by atoms with Crippen molar-refractivity contribution in [3.05, 3.63) is 29.6 Å². The molecule has 2 N–H and O–H groups in total. The van der Waals surface area contributed by atoms with Gasteiger partial charge in [0.2, 0.25) is 0 Å². The number of hydrogen-bond acceptors (Lipinski definition) is 5. The van der Waals surface area contributed by atoms with Crippen molar-refractivity contribution in [3.63, 3.8) is 0 Å². The Morgan fingerprint density at radius 2 is 1.86 bits per heavy atom. The largest absolute Gasteiger partial charge is 0.494 e. The van der Waals surface area contributed by atoms with Crippen LogP contribution in [0.4, 0.5) is 4.39 Å². The van der Waals surface area contributed by atoms with Crippen LogP contribution in [-0.2, 0) is 14.2 Å². The van der Waals surface area contributed by atoms with E-state index >= 15 is 0 Å². The van der Waals surface area contributed by atoms with E-state index in [1.165, 1.54) is 13.2 Å². The zero-order valence-electron chi connectivity index (χ0n) is 12.6. The van der Waals surface area contributed by atoms with Crippen molar-refractivity contribution >= 4 is 0 Å². The third-order valence-electron chi connectivity index (χ3n) is 2.91. The van der Waals surface area contributed by atoms with Gasteiger partial charge in [0.25, 0.3) is 0 Å². The molecular formula is C15H24FNO4. The summed E-state index contributed by atoms with van der Waals surface area (Å²) in [5.74, 6) is -0.211. The predicted molar refractivity (Wildman–Crippen MR) is 78.0 cm³/mol. The Hall–Kier alpha value is -1.21. The Morgan fingerprint density at radius 3 is 2.52 bits per heavy atom. The zero-order chi connectivity index (χ0) is 15.5. The molecule has 1 rings (SSSR count). The minimum Gasteiger partial charge on any atom is -0.494 e. The van der Waals surface area contributed by atoms with E-state index in [-0.39, 0.29) is 11.8 Å². The molecule has 120 valence electrons. The van der Waals surface area contributed by atoms with Gasteiger partial charge >= 0.3 is 0 Å². The minimum absolute atomic E-state index is 0.208. The monoisotopic (exact) mass is 301 g/mol. The molecule has 0 amide bonds. The van der Waals surface area contributed by atoms with E-state index in [2.05, 4.69) is 0 Å². The Morgan fingerprint density at radius 1 is 1.10 bits per heavy atom. The van der Waals surface area contributed by atoms with E-state index in [0.717, 1.165) is 6.42 Å². The van der Waals surface area contributed by atoms with Crippen LogP contribution in [-0.4, -0.2) is 47.3 Å². The summed E-state index contributed by atoms with van der Waals surface area (Å²) in [6, 6.07) is 4.32. The molecule has 1 unspecified atom stereocenters. The molecule has 0 radical (unpaired) electrons. The van der Waals surface area contributed by atoms with Gasteiger partial charge in [0.15, 0.2) is 11.6 Å². The second kappa shape index (κ2) is 10.5. The van der Waals surface area contributed by atoms with Gasteiger partial charge in [-0.1, -0.05) is 6.07 Å². The standard InChI is InChI=1S/C15H24FNO4/c1-18-8-9-20-6-3-7-21-11-14(17)12-4-5-15(19-2)13(16)10-12/h4-5,10,14H,3,6-9,11,17H2,1-2H3. The Kier molecular flexibility index (Phi) is 8.93. The summed E-state index contributed by atoms with van der Waals surface area (Å²) in [6.07, 6.45) is 0.785. The van der Waals surface area contributed by atoms with Gasteiger partial charge in [0.05, 0.1) is 33.0 Å². The van der Waals surface area contributed by atoms with Gasteiger partial charge < -0.3 is 24.7 Å². The first-order chi connectivity index (χ1) is 10.2. The summed E-state index contributed by atoms with van der Waals surface area (Å²) in [6.45, 7) is 2.69. The molecule has 0 aromatic heterocycles. The van der Waals surface area contributed by atoms with Gasteiger partial charge in [-0.2, -0.15) is 0 Å². The predicted octanol–water partition coefficient (Wildman–Crippen LogP) is 1.90. The quantitative estimate of drug-likeness (QED) is 0.633. The fraction of sp³-hybridized carbons (Fsp3) is 0.600. The van der Waals surface area contributed by atoms with E-state index in [4.69, 9.17) is 24.7 Å². The maximum absolute atomic E-state index is 13.6. The van der Waals surface area contributed by atoms with Crippen LogP contribution in [0.5, 0.6) is 5.75 Å². The summed E-state index contributed by atoms with van der Waals surface area (Å²) in [4.78, 5) is 0. The van der Waals surface area contributed by atoms with Crippen LogP contribution in [0.25, 0.3) is 0 Å². The van der Waals surface area contributed by atoms with Gasteiger partial charge in [0, 0.05) is 20.3 Å². The van der Waals surface area contributed by atoms with E-state index < -0.39 is 5.82 Å². The molecule has 0 heterocycles. The summed E-state index contributed by atoms with van der Waals surface area (Å²) in [7, 11) is 3.06. The van der Waals surface area contributed by atoms with Crippen LogP contribution in [0.3, 0.4) is 0 Å². The van der Waals surface area contributed by atoms with Crippen LogP contribution < -0.4 is 10.5 Å². The molecule has 0 aliphatic heterocycles. The maximum Gasteiger partial charge on any atom is 0.165 e. The van der Waals surface area contributed by atoms with Crippen molar-refractivity contribution in [2.24, 2.45) is 5.73 Å². The number of methoxy groups -OCH3 is 2. The van der Waals surface area contributed by atoms with Crippen molar-refractivity contribution < 1.29 is 23.3 Å². The van der Waals surface area contributed by atoms with Crippen molar-refractivity contribution in [1.82, 2.24) is 0 Å². The third-order valence-corrected chi connectivity index (χ3v) is 2.91. The molecule has 21 heavy (non-hydrogen) atoms. The van der Waals surface area contributed by atoms with Crippen molar-refractivity contribution in [2.75, 3.05) is 47.3 Å². The third kappa shape index (κ3) is 6.86. The van der Waals surface area contributed by atoms with Crippen molar-refractivity contribution in [3.8, 4) is 5.75 Å². The lowest BCUT2D eigenvalue weighted by molar-refractivity contribution is 0.0491. The second-order valence-corrected chi connectivity index (χ2v) is 4.53. The molecule has 0 saturated carbocycles.